The van der Waals surface area contributed by atoms with Crippen molar-refractivity contribution >= 4 is 17.3 Å². The summed E-state index contributed by atoms with van der Waals surface area (Å²) in [4.78, 5) is 13.5. The molecular weight excluding hydrogens is 464 g/mol. The topological polar surface area (TPSA) is 91.4 Å². The predicted octanol–water partition coefficient (Wildman–Crippen LogP) is 6.48. The number of anilines is 2. The van der Waals surface area contributed by atoms with Crippen molar-refractivity contribution in [3.05, 3.63) is 114 Å². The van der Waals surface area contributed by atoms with Crippen LogP contribution in [0.1, 0.15) is 15.9 Å². The third-order valence-electron chi connectivity index (χ3n) is 5.77. The maximum Gasteiger partial charge on any atom is 0.259 e. The van der Waals surface area contributed by atoms with E-state index in [9.17, 15) is 4.79 Å². The second kappa shape index (κ2) is 10.3. The van der Waals surface area contributed by atoms with Gasteiger partial charge in [-0.25, -0.2) is 4.68 Å². The number of amides is 1. The van der Waals surface area contributed by atoms with E-state index in [4.69, 9.17) is 20.3 Å². The van der Waals surface area contributed by atoms with Crippen LogP contribution >= 0.6 is 0 Å². The molecule has 0 aliphatic carbocycles. The SMILES string of the molecule is COc1cccc(Oc2cc(N)cc(NC(=O)c3cn(-c4ccccc4)nc3-c3ccc(C)cc3)c2)c1. The molecule has 1 amide bonds. The van der Waals surface area contributed by atoms with E-state index in [1.165, 1.54) is 0 Å². The molecule has 0 fully saturated rings. The van der Waals surface area contributed by atoms with Crippen LogP contribution in [-0.2, 0) is 0 Å². The summed E-state index contributed by atoms with van der Waals surface area (Å²) in [5.41, 5.74) is 10.9. The van der Waals surface area contributed by atoms with Crippen LogP contribution in [0, 0.1) is 6.92 Å². The van der Waals surface area contributed by atoms with Crippen molar-refractivity contribution in [2.24, 2.45) is 0 Å². The molecule has 0 spiro atoms. The van der Waals surface area contributed by atoms with Crippen molar-refractivity contribution in [3.8, 4) is 34.2 Å². The van der Waals surface area contributed by atoms with E-state index in [0.29, 0.717) is 39.9 Å². The number of carbonyl (C=O) groups excluding carboxylic acids is 1. The highest BCUT2D eigenvalue weighted by Crippen LogP contribution is 2.30. The fourth-order valence-corrected chi connectivity index (χ4v) is 3.93. The number of para-hydroxylation sites is 1. The van der Waals surface area contributed by atoms with Crippen LogP contribution in [-0.4, -0.2) is 22.8 Å². The molecule has 0 unspecified atom stereocenters. The Kier molecular flexibility index (Phi) is 6.59. The Balaban J connectivity index is 1.46. The van der Waals surface area contributed by atoms with Gasteiger partial charge in [-0.05, 0) is 37.3 Å². The van der Waals surface area contributed by atoms with E-state index in [1.54, 1.807) is 42.3 Å². The maximum atomic E-state index is 13.5. The third-order valence-corrected chi connectivity index (χ3v) is 5.77. The van der Waals surface area contributed by atoms with Gasteiger partial charge in [0.25, 0.3) is 5.91 Å². The molecule has 0 aliphatic rings. The number of aromatic nitrogens is 2. The zero-order valence-electron chi connectivity index (χ0n) is 20.5. The molecule has 0 saturated carbocycles. The number of carbonyl (C=O) groups is 1. The minimum absolute atomic E-state index is 0.310. The van der Waals surface area contributed by atoms with Gasteiger partial charge >= 0.3 is 0 Å². The van der Waals surface area contributed by atoms with Crippen LogP contribution in [0.5, 0.6) is 17.2 Å². The van der Waals surface area contributed by atoms with E-state index < -0.39 is 0 Å². The van der Waals surface area contributed by atoms with Crippen LogP contribution < -0.4 is 20.5 Å². The molecule has 0 atom stereocenters. The van der Waals surface area contributed by atoms with Gasteiger partial charge in [0.15, 0.2) is 0 Å². The molecule has 4 aromatic carbocycles. The van der Waals surface area contributed by atoms with E-state index in [2.05, 4.69) is 5.32 Å². The molecule has 0 radical (unpaired) electrons. The first-order valence-corrected chi connectivity index (χ1v) is 11.7. The molecule has 1 heterocycles. The zero-order valence-corrected chi connectivity index (χ0v) is 20.5. The fraction of sp³-hybridized carbons (Fsp3) is 0.0667. The number of nitrogens with one attached hydrogen (secondary N) is 1. The first kappa shape index (κ1) is 23.7. The smallest absolute Gasteiger partial charge is 0.259 e. The van der Waals surface area contributed by atoms with Gasteiger partial charge in [-0.15, -0.1) is 0 Å². The number of nitrogens with two attached hydrogens (primary N) is 1. The van der Waals surface area contributed by atoms with Gasteiger partial charge in [0.1, 0.15) is 22.9 Å². The number of methoxy groups -OCH3 is 1. The second-order valence-corrected chi connectivity index (χ2v) is 8.56. The highest BCUT2D eigenvalue weighted by atomic mass is 16.5. The van der Waals surface area contributed by atoms with Crippen molar-refractivity contribution in [2.45, 2.75) is 6.92 Å². The van der Waals surface area contributed by atoms with Gasteiger partial charge in [0.2, 0.25) is 0 Å². The number of rotatable bonds is 7. The number of hydrogen-bond acceptors (Lipinski definition) is 5. The maximum absolute atomic E-state index is 13.5. The number of aryl methyl sites for hydroxylation is 1. The average molecular weight is 491 g/mol. The summed E-state index contributed by atoms with van der Waals surface area (Å²) in [7, 11) is 1.60. The van der Waals surface area contributed by atoms with Crippen LogP contribution in [0.3, 0.4) is 0 Å². The summed E-state index contributed by atoms with van der Waals surface area (Å²) in [5, 5.41) is 7.70. The number of hydrogen-bond donors (Lipinski definition) is 2. The molecule has 5 aromatic rings. The summed E-state index contributed by atoms with van der Waals surface area (Å²) in [6.45, 7) is 2.02. The summed E-state index contributed by atoms with van der Waals surface area (Å²) < 4.78 is 12.9. The number of benzene rings is 4. The van der Waals surface area contributed by atoms with Crippen molar-refractivity contribution in [3.63, 3.8) is 0 Å². The van der Waals surface area contributed by atoms with E-state index in [-0.39, 0.29) is 5.91 Å². The minimum atomic E-state index is -0.310. The lowest BCUT2D eigenvalue weighted by Crippen LogP contribution is -2.12. The van der Waals surface area contributed by atoms with Crippen molar-refractivity contribution in [2.75, 3.05) is 18.2 Å². The Morgan fingerprint density at radius 2 is 1.62 bits per heavy atom. The Labute approximate surface area is 215 Å². The lowest BCUT2D eigenvalue weighted by atomic mass is 10.1. The largest absolute Gasteiger partial charge is 0.497 e. The first-order valence-electron chi connectivity index (χ1n) is 11.7. The molecule has 0 saturated heterocycles. The molecule has 7 heteroatoms. The van der Waals surface area contributed by atoms with Gasteiger partial charge in [0, 0.05) is 41.3 Å². The highest BCUT2D eigenvalue weighted by Gasteiger charge is 2.19. The highest BCUT2D eigenvalue weighted by molar-refractivity contribution is 6.08. The van der Waals surface area contributed by atoms with Crippen molar-refractivity contribution in [1.29, 1.82) is 0 Å². The predicted molar refractivity (Wildman–Crippen MR) is 146 cm³/mol. The molecule has 3 N–H and O–H groups in total. The lowest BCUT2D eigenvalue weighted by molar-refractivity contribution is 0.102. The monoisotopic (exact) mass is 490 g/mol. The quantitative estimate of drug-likeness (QED) is 0.255. The van der Waals surface area contributed by atoms with Crippen molar-refractivity contribution < 1.29 is 14.3 Å². The van der Waals surface area contributed by atoms with Crippen LogP contribution in [0.15, 0.2) is 103 Å². The Bertz CT molecular complexity index is 1540. The molecule has 7 nitrogen and oxygen atoms in total. The summed E-state index contributed by atoms with van der Waals surface area (Å²) >= 11 is 0. The van der Waals surface area contributed by atoms with Gasteiger partial charge in [0.05, 0.1) is 18.4 Å². The zero-order chi connectivity index (χ0) is 25.8. The molecule has 1 aromatic heterocycles. The van der Waals surface area contributed by atoms with Gasteiger partial charge in [-0.3, -0.25) is 4.79 Å². The summed E-state index contributed by atoms with van der Waals surface area (Å²) in [6.07, 6.45) is 1.74. The van der Waals surface area contributed by atoms with Crippen LogP contribution in [0.25, 0.3) is 16.9 Å². The molecule has 184 valence electrons. The Morgan fingerprint density at radius 1 is 0.865 bits per heavy atom. The normalized spacial score (nSPS) is 10.6. The third kappa shape index (κ3) is 5.46. The summed E-state index contributed by atoms with van der Waals surface area (Å²) in [6, 6.07) is 29.9. The van der Waals surface area contributed by atoms with Gasteiger partial charge in [-0.2, -0.15) is 5.10 Å². The Morgan fingerprint density at radius 3 is 2.38 bits per heavy atom. The molecule has 0 bridgehead atoms. The fourth-order valence-electron chi connectivity index (χ4n) is 3.93. The average Bonchev–Trinajstić information content (AvgIpc) is 3.35. The number of nitrogens with zero attached hydrogens (tertiary/aromatic N) is 2. The Hall–Kier alpha value is -5.04. The van der Waals surface area contributed by atoms with Crippen molar-refractivity contribution in [1.82, 2.24) is 9.78 Å². The van der Waals surface area contributed by atoms with E-state index >= 15 is 0 Å². The summed E-state index contributed by atoms with van der Waals surface area (Å²) in [5.74, 6) is 1.44. The molecular formula is C30H26N4O3. The minimum Gasteiger partial charge on any atom is -0.497 e. The lowest BCUT2D eigenvalue weighted by Gasteiger charge is -2.11. The van der Waals surface area contributed by atoms with Crippen LogP contribution in [0.4, 0.5) is 11.4 Å². The molecule has 0 aliphatic heterocycles. The first-order chi connectivity index (χ1) is 18.0. The van der Waals surface area contributed by atoms with Gasteiger partial charge < -0.3 is 20.5 Å². The molecule has 37 heavy (non-hydrogen) atoms. The van der Waals surface area contributed by atoms with Crippen LogP contribution in [0.2, 0.25) is 0 Å². The number of ether oxygens (including phenoxy) is 2. The molecule has 5 rings (SSSR count). The standard InChI is InChI=1S/C30H26N4O3/c1-20-11-13-21(14-12-20)29-28(19-34(33-29)24-7-4-3-5-8-24)30(35)32-23-15-22(31)16-27(17-23)37-26-10-6-9-25(18-26)36-2/h3-19H,31H2,1-2H3,(H,32,35). The van der Waals surface area contributed by atoms with E-state index in [0.717, 1.165) is 16.8 Å². The number of nitrogen functional groups attached to an aromatic ring is 1. The van der Waals surface area contributed by atoms with Gasteiger partial charge in [-0.1, -0.05) is 54.1 Å². The van der Waals surface area contributed by atoms with E-state index in [1.807, 2.05) is 79.7 Å². The second-order valence-electron chi connectivity index (χ2n) is 8.56.